The Morgan fingerprint density at radius 3 is 2.56 bits per heavy atom. The summed E-state index contributed by atoms with van der Waals surface area (Å²) in [4.78, 5) is 21.1. The zero-order chi connectivity index (χ0) is 13.9. The van der Waals surface area contributed by atoms with Crippen LogP contribution in [0.25, 0.3) is 0 Å². The van der Waals surface area contributed by atoms with Crippen molar-refractivity contribution >= 4 is 17.3 Å². The van der Waals surface area contributed by atoms with Crippen molar-refractivity contribution in [3.05, 3.63) is 33.9 Å². The highest BCUT2D eigenvalue weighted by atomic mass is 16.6. The van der Waals surface area contributed by atoms with Crippen molar-refractivity contribution < 1.29 is 9.72 Å². The molecule has 0 heterocycles. The monoisotopic (exact) mass is 251 g/mol. The summed E-state index contributed by atoms with van der Waals surface area (Å²) in [6.07, 6.45) is 0.184. The predicted molar refractivity (Wildman–Crippen MR) is 69.3 cm³/mol. The van der Waals surface area contributed by atoms with Gasteiger partial charge in [-0.3, -0.25) is 14.9 Å². The van der Waals surface area contributed by atoms with Crippen LogP contribution < -0.4 is 11.1 Å². The lowest BCUT2D eigenvalue weighted by atomic mass is 9.99. The highest BCUT2D eigenvalue weighted by Crippen LogP contribution is 2.25. The number of nitro groups is 1. The van der Waals surface area contributed by atoms with Crippen molar-refractivity contribution in [3.8, 4) is 0 Å². The number of benzene rings is 1. The van der Waals surface area contributed by atoms with E-state index in [-0.39, 0.29) is 12.1 Å². The third kappa shape index (κ3) is 3.73. The van der Waals surface area contributed by atoms with Gasteiger partial charge in [-0.25, -0.2) is 0 Å². The first-order valence-corrected chi connectivity index (χ1v) is 5.53. The van der Waals surface area contributed by atoms with Crippen LogP contribution in [0.15, 0.2) is 18.2 Å². The van der Waals surface area contributed by atoms with E-state index in [4.69, 9.17) is 5.73 Å². The van der Waals surface area contributed by atoms with Gasteiger partial charge in [-0.15, -0.1) is 0 Å². The van der Waals surface area contributed by atoms with Crippen LogP contribution in [0, 0.1) is 17.0 Å². The number of nitrogens with two attached hydrogens (primary N) is 1. The number of carbonyl (C=O) groups is 1. The molecular weight excluding hydrogens is 234 g/mol. The fourth-order valence-corrected chi connectivity index (χ4v) is 1.75. The van der Waals surface area contributed by atoms with E-state index in [2.05, 4.69) is 5.32 Å². The molecule has 0 bridgehead atoms. The Morgan fingerprint density at radius 1 is 1.50 bits per heavy atom. The van der Waals surface area contributed by atoms with Crippen LogP contribution in [0.4, 0.5) is 11.4 Å². The Labute approximate surface area is 105 Å². The molecule has 0 aliphatic carbocycles. The Morgan fingerprint density at radius 2 is 2.11 bits per heavy atom. The highest BCUT2D eigenvalue weighted by Gasteiger charge is 2.21. The summed E-state index contributed by atoms with van der Waals surface area (Å²) in [5.41, 5.74) is 6.23. The highest BCUT2D eigenvalue weighted by molar-refractivity contribution is 5.75. The first-order valence-electron chi connectivity index (χ1n) is 5.53. The number of anilines is 1. The van der Waals surface area contributed by atoms with Crippen molar-refractivity contribution in [3.63, 3.8) is 0 Å². The SMILES string of the molecule is Cc1cc([N+](=O)[O-])ccc1NC(C)(C)CC(N)=O. The van der Waals surface area contributed by atoms with Crippen LogP contribution in [-0.2, 0) is 4.79 Å². The molecule has 0 aliphatic heterocycles. The molecule has 18 heavy (non-hydrogen) atoms. The number of amides is 1. The van der Waals surface area contributed by atoms with E-state index >= 15 is 0 Å². The molecule has 0 fully saturated rings. The smallest absolute Gasteiger partial charge is 0.269 e. The fraction of sp³-hybridized carbons (Fsp3) is 0.417. The van der Waals surface area contributed by atoms with E-state index in [1.54, 1.807) is 13.0 Å². The quantitative estimate of drug-likeness (QED) is 0.617. The predicted octanol–water partition coefficient (Wildman–Crippen LogP) is 1.97. The Balaban J connectivity index is 2.92. The van der Waals surface area contributed by atoms with Crippen molar-refractivity contribution in [1.29, 1.82) is 0 Å². The molecule has 0 saturated carbocycles. The van der Waals surface area contributed by atoms with Crippen LogP contribution >= 0.6 is 0 Å². The Kier molecular flexibility index (Phi) is 3.90. The van der Waals surface area contributed by atoms with Gasteiger partial charge >= 0.3 is 0 Å². The summed E-state index contributed by atoms with van der Waals surface area (Å²) < 4.78 is 0. The molecule has 1 aromatic carbocycles. The largest absolute Gasteiger partial charge is 0.379 e. The van der Waals surface area contributed by atoms with Gasteiger partial charge in [0.2, 0.25) is 5.91 Å². The number of hydrogen-bond acceptors (Lipinski definition) is 4. The second-order valence-electron chi connectivity index (χ2n) is 4.91. The molecule has 0 unspecified atom stereocenters. The van der Waals surface area contributed by atoms with Gasteiger partial charge in [0.25, 0.3) is 5.69 Å². The molecule has 0 aromatic heterocycles. The Bertz CT molecular complexity index is 483. The molecule has 6 nitrogen and oxygen atoms in total. The van der Waals surface area contributed by atoms with Gasteiger partial charge in [-0.05, 0) is 32.4 Å². The molecule has 1 rings (SSSR count). The molecular formula is C12H17N3O3. The average Bonchev–Trinajstić information content (AvgIpc) is 2.18. The second-order valence-corrected chi connectivity index (χ2v) is 4.91. The zero-order valence-corrected chi connectivity index (χ0v) is 10.7. The maximum atomic E-state index is 10.9. The van der Waals surface area contributed by atoms with Gasteiger partial charge in [-0.2, -0.15) is 0 Å². The first kappa shape index (κ1) is 14.0. The van der Waals surface area contributed by atoms with Crippen molar-refractivity contribution in [2.75, 3.05) is 5.32 Å². The summed E-state index contributed by atoms with van der Waals surface area (Å²) >= 11 is 0. The number of primary amides is 1. The molecule has 1 aromatic rings. The summed E-state index contributed by atoms with van der Waals surface area (Å²) in [7, 11) is 0. The number of hydrogen-bond donors (Lipinski definition) is 2. The Hall–Kier alpha value is -2.11. The maximum Gasteiger partial charge on any atom is 0.269 e. The van der Waals surface area contributed by atoms with Gasteiger partial charge in [0, 0.05) is 29.8 Å². The minimum absolute atomic E-state index is 0.0470. The minimum atomic E-state index is -0.493. The molecule has 0 atom stereocenters. The van der Waals surface area contributed by atoms with Gasteiger partial charge in [0.1, 0.15) is 0 Å². The van der Waals surface area contributed by atoms with Crippen LogP contribution in [0.1, 0.15) is 25.8 Å². The van der Waals surface area contributed by atoms with Gasteiger partial charge < -0.3 is 11.1 Å². The lowest BCUT2D eigenvalue weighted by Gasteiger charge is -2.27. The average molecular weight is 251 g/mol. The molecule has 98 valence electrons. The van der Waals surface area contributed by atoms with Gasteiger partial charge in [0.15, 0.2) is 0 Å². The number of nitrogens with one attached hydrogen (secondary N) is 1. The van der Waals surface area contributed by atoms with Crippen LogP contribution in [0.5, 0.6) is 0 Å². The molecule has 0 spiro atoms. The third-order valence-corrected chi connectivity index (χ3v) is 2.51. The number of aryl methyl sites for hydroxylation is 1. The zero-order valence-electron chi connectivity index (χ0n) is 10.7. The van der Waals surface area contributed by atoms with E-state index in [0.29, 0.717) is 0 Å². The first-order chi connectivity index (χ1) is 8.21. The van der Waals surface area contributed by atoms with E-state index in [1.807, 2.05) is 13.8 Å². The van der Waals surface area contributed by atoms with E-state index in [1.165, 1.54) is 12.1 Å². The lowest BCUT2D eigenvalue weighted by molar-refractivity contribution is -0.384. The van der Waals surface area contributed by atoms with Crippen LogP contribution in [0.2, 0.25) is 0 Å². The molecule has 6 heteroatoms. The summed E-state index contributed by atoms with van der Waals surface area (Å²) in [6.45, 7) is 5.47. The maximum absolute atomic E-state index is 10.9. The van der Waals surface area contributed by atoms with Crippen LogP contribution in [-0.4, -0.2) is 16.4 Å². The summed E-state index contributed by atoms with van der Waals surface area (Å²) in [5, 5.41) is 13.8. The minimum Gasteiger partial charge on any atom is -0.379 e. The lowest BCUT2D eigenvalue weighted by Crippen LogP contribution is -2.36. The molecule has 0 aliphatic rings. The topological polar surface area (TPSA) is 98.3 Å². The van der Waals surface area contributed by atoms with E-state index < -0.39 is 16.4 Å². The van der Waals surface area contributed by atoms with Gasteiger partial charge in [-0.1, -0.05) is 0 Å². The molecule has 3 N–H and O–H groups in total. The van der Waals surface area contributed by atoms with Crippen molar-refractivity contribution in [1.82, 2.24) is 0 Å². The van der Waals surface area contributed by atoms with Crippen molar-refractivity contribution in [2.45, 2.75) is 32.7 Å². The summed E-state index contributed by atoms with van der Waals surface area (Å²) in [6, 6.07) is 4.55. The molecule has 1 amide bonds. The van der Waals surface area contributed by atoms with Crippen LogP contribution in [0.3, 0.4) is 0 Å². The normalized spacial score (nSPS) is 11.1. The van der Waals surface area contributed by atoms with Gasteiger partial charge in [0.05, 0.1) is 4.92 Å². The number of carbonyl (C=O) groups excluding carboxylic acids is 1. The molecule has 0 radical (unpaired) electrons. The van der Waals surface area contributed by atoms with Crippen molar-refractivity contribution in [2.24, 2.45) is 5.73 Å². The summed E-state index contributed by atoms with van der Waals surface area (Å²) in [5.74, 6) is -0.396. The molecule has 0 saturated heterocycles. The standard InChI is InChI=1S/C12H17N3O3/c1-8-6-9(15(17)18)4-5-10(8)14-12(2,3)7-11(13)16/h4-6,14H,7H2,1-3H3,(H2,13,16). The van der Waals surface area contributed by atoms with E-state index in [9.17, 15) is 14.9 Å². The number of nitro benzene ring substituents is 1. The van der Waals surface area contributed by atoms with E-state index in [0.717, 1.165) is 11.3 Å². The second kappa shape index (κ2) is 5.03. The number of nitrogens with zero attached hydrogens (tertiary/aromatic N) is 1. The third-order valence-electron chi connectivity index (χ3n) is 2.51. The number of rotatable bonds is 5. The fourth-order valence-electron chi connectivity index (χ4n) is 1.75. The number of non-ortho nitro benzene ring substituents is 1.